The van der Waals surface area contributed by atoms with Crippen molar-refractivity contribution >= 4 is 28.9 Å². The average molecular weight is 431 g/mol. The molecule has 0 saturated heterocycles. The third kappa shape index (κ3) is 5.39. The summed E-state index contributed by atoms with van der Waals surface area (Å²) in [5.74, 6) is -0.462. The van der Waals surface area contributed by atoms with Crippen molar-refractivity contribution in [3.05, 3.63) is 52.1 Å². The third-order valence-electron chi connectivity index (χ3n) is 4.32. The Kier molecular flexibility index (Phi) is 6.88. The van der Waals surface area contributed by atoms with Gasteiger partial charge in [-0.2, -0.15) is 0 Å². The highest BCUT2D eigenvalue weighted by Crippen LogP contribution is 2.32. The SMILES string of the molecule is CC(OC(=O)c1cc([N+](=O)[O-])ccc1NCCO)C(=O)Nc1ccc2c(c1)OCCO2. The van der Waals surface area contributed by atoms with E-state index in [4.69, 9.17) is 19.3 Å². The van der Waals surface area contributed by atoms with Gasteiger partial charge in [0, 0.05) is 36.1 Å². The second-order valence-corrected chi connectivity index (χ2v) is 6.53. The molecule has 1 aliphatic rings. The summed E-state index contributed by atoms with van der Waals surface area (Å²) < 4.78 is 16.1. The van der Waals surface area contributed by atoms with Gasteiger partial charge < -0.3 is 30.0 Å². The zero-order valence-corrected chi connectivity index (χ0v) is 16.6. The third-order valence-corrected chi connectivity index (χ3v) is 4.32. The number of aliphatic hydroxyl groups is 1. The van der Waals surface area contributed by atoms with Gasteiger partial charge in [0.15, 0.2) is 17.6 Å². The zero-order chi connectivity index (χ0) is 22.4. The number of anilines is 2. The van der Waals surface area contributed by atoms with Gasteiger partial charge in [-0.15, -0.1) is 0 Å². The molecular formula is C20H21N3O8. The van der Waals surface area contributed by atoms with Gasteiger partial charge in [0.2, 0.25) is 0 Å². The Bertz CT molecular complexity index is 994. The predicted molar refractivity (Wildman–Crippen MR) is 110 cm³/mol. The monoisotopic (exact) mass is 431 g/mol. The lowest BCUT2D eigenvalue weighted by Gasteiger charge is -2.19. The van der Waals surface area contributed by atoms with E-state index < -0.39 is 22.9 Å². The first-order valence-electron chi connectivity index (χ1n) is 9.43. The van der Waals surface area contributed by atoms with Crippen molar-refractivity contribution in [2.75, 3.05) is 37.0 Å². The van der Waals surface area contributed by atoms with Crippen molar-refractivity contribution < 1.29 is 33.8 Å². The normalized spacial score (nSPS) is 13.1. The molecule has 1 aliphatic heterocycles. The molecule has 0 radical (unpaired) electrons. The second-order valence-electron chi connectivity index (χ2n) is 6.53. The fraction of sp³-hybridized carbons (Fsp3) is 0.300. The number of nitro benzene ring substituents is 1. The van der Waals surface area contributed by atoms with Crippen molar-refractivity contribution in [2.45, 2.75) is 13.0 Å². The Morgan fingerprint density at radius 3 is 2.65 bits per heavy atom. The molecule has 0 aliphatic carbocycles. The van der Waals surface area contributed by atoms with Gasteiger partial charge in [-0.05, 0) is 25.1 Å². The number of hydrogen-bond acceptors (Lipinski definition) is 9. The van der Waals surface area contributed by atoms with Crippen molar-refractivity contribution in [3.8, 4) is 11.5 Å². The molecule has 1 heterocycles. The first-order chi connectivity index (χ1) is 14.9. The predicted octanol–water partition coefficient (Wildman–Crippen LogP) is 1.95. The van der Waals surface area contributed by atoms with E-state index in [2.05, 4.69) is 10.6 Å². The van der Waals surface area contributed by atoms with Crippen LogP contribution in [0.1, 0.15) is 17.3 Å². The van der Waals surface area contributed by atoms with E-state index in [-0.39, 0.29) is 30.1 Å². The van der Waals surface area contributed by atoms with Gasteiger partial charge in [0.05, 0.1) is 17.1 Å². The molecule has 0 bridgehead atoms. The molecule has 1 atom stereocenters. The van der Waals surface area contributed by atoms with Crippen LogP contribution in [0.2, 0.25) is 0 Å². The Morgan fingerprint density at radius 1 is 1.19 bits per heavy atom. The highest BCUT2D eigenvalue weighted by molar-refractivity contribution is 6.00. The minimum atomic E-state index is -1.19. The number of nitro groups is 1. The maximum atomic E-state index is 12.6. The largest absolute Gasteiger partial charge is 0.486 e. The van der Waals surface area contributed by atoms with E-state index in [9.17, 15) is 19.7 Å². The van der Waals surface area contributed by atoms with E-state index >= 15 is 0 Å². The summed E-state index contributed by atoms with van der Waals surface area (Å²) in [5, 5.41) is 25.4. The molecule has 0 fully saturated rings. The number of esters is 1. The highest BCUT2D eigenvalue weighted by atomic mass is 16.6. The Balaban J connectivity index is 1.70. The summed E-state index contributed by atoms with van der Waals surface area (Å²) in [6, 6.07) is 8.48. The number of amides is 1. The minimum absolute atomic E-state index is 0.123. The lowest BCUT2D eigenvalue weighted by Crippen LogP contribution is -2.30. The molecule has 3 rings (SSSR count). The lowest BCUT2D eigenvalue weighted by atomic mass is 10.1. The van der Waals surface area contributed by atoms with E-state index in [1.165, 1.54) is 19.1 Å². The maximum Gasteiger partial charge on any atom is 0.341 e. The molecule has 2 aromatic carbocycles. The number of carbonyl (C=O) groups excluding carboxylic acids is 2. The van der Waals surface area contributed by atoms with E-state index in [1.807, 2.05) is 0 Å². The van der Waals surface area contributed by atoms with Crippen molar-refractivity contribution in [1.82, 2.24) is 0 Å². The van der Waals surface area contributed by atoms with Gasteiger partial charge in [-0.3, -0.25) is 14.9 Å². The molecule has 31 heavy (non-hydrogen) atoms. The lowest BCUT2D eigenvalue weighted by molar-refractivity contribution is -0.384. The molecule has 3 N–H and O–H groups in total. The van der Waals surface area contributed by atoms with Crippen molar-refractivity contribution in [1.29, 1.82) is 0 Å². The molecule has 0 spiro atoms. The summed E-state index contributed by atoms with van der Waals surface area (Å²) in [6.45, 7) is 2.13. The van der Waals surface area contributed by atoms with Gasteiger partial charge in [-0.1, -0.05) is 0 Å². The van der Waals surface area contributed by atoms with Crippen LogP contribution in [0.5, 0.6) is 11.5 Å². The number of benzene rings is 2. The van der Waals surface area contributed by atoms with Gasteiger partial charge in [0.1, 0.15) is 13.2 Å². The summed E-state index contributed by atoms with van der Waals surface area (Å²) in [6.07, 6.45) is -1.19. The molecule has 0 saturated carbocycles. The maximum absolute atomic E-state index is 12.6. The summed E-state index contributed by atoms with van der Waals surface area (Å²) >= 11 is 0. The number of aliphatic hydroxyl groups excluding tert-OH is 1. The Labute approximate surface area is 177 Å². The van der Waals surface area contributed by atoms with Crippen molar-refractivity contribution in [2.24, 2.45) is 0 Å². The fourth-order valence-corrected chi connectivity index (χ4v) is 2.80. The highest BCUT2D eigenvalue weighted by Gasteiger charge is 2.24. The Morgan fingerprint density at radius 2 is 1.94 bits per heavy atom. The van der Waals surface area contributed by atoms with Crippen LogP contribution >= 0.6 is 0 Å². The number of nitrogens with zero attached hydrogens (tertiary/aromatic N) is 1. The van der Waals surface area contributed by atoms with Crippen LogP contribution in [0.4, 0.5) is 17.1 Å². The van der Waals surface area contributed by atoms with Crippen LogP contribution in [-0.4, -0.2) is 54.4 Å². The number of ether oxygens (including phenoxy) is 3. The average Bonchev–Trinajstić information content (AvgIpc) is 2.77. The topological polar surface area (TPSA) is 149 Å². The number of fused-ring (bicyclic) bond motifs is 1. The molecule has 0 aromatic heterocycles. The second kappa shape index (κ2) is 9.76. The number of hydrogen-bond donors (Lipinski definition) is 3. The van der Waals surface area contributed by atoms with E-state index in [0.717, 1.165) is 6.07 Å². The quantitative estimate of drug-likeness (QED) is 0.324. The summed E-state index contributed by atoms with van der Waals surface area (Å²) in [4.78, 5) is 35.5. The first-order valence-corrected chi connectivity index (χ1v) is 9.43. The van der Waals surface area contributed by atoms with Crippen LogP contribution in [0.3, 0.4) is 0 Å². The number of carbonyl (C=O) groups is 2. The summed E-state index contributed by atoms with van der Waals surface area (Å²) in [7, 11) is 0. The van der Waals surface area contributed by atoms with Crippen LogP contribution in [0.15, 0.2) is 36.4 Å². The molecule has 11 heteroatoms. The van der Waals surface area contributed by atoms with Gasteiger partial charge in [-0.25, -0.2) is 4.79 Å². The minimum Gasteiger partial charge on any atom is -0.486 e. The molecule has 2 aromatic rings. The molecule has 1 amide bonds. The zero-order valence-electron chi connectivity index (χ0n) is 16.6. The number of rotatable bonds is 8. The van der Waals surface area contributed by atoms with Crippen molar-refractivity contribution in [3.63, 3.8) is 0 Å². The van der Waals surface area contributed by atoms with Crippen LogP contribution in [0.25, 0.3) is 0 Å². The first kappa shape index (κ1) is 21.8. The molecule has 164 valence electrons. The summed E-state index contributed by atoms with van der Waals surface area (Å²) in [5.41, 5.74) is 0.235. The van der Waals surface area contributed by atoms with Crippen LogP contribution < -0.4 is 20.1 Å². The van der Waals surface area contributed by atoms with Crippen LogP contribution in [0, 0.1) is 10.1 Å². The van der Waals surface area contributed by atoms with Gasteiger partial charge in [0.25, 0.3) is 11.6 Å². The van der Waals surface area contributed by atoms with E-state index in [1.54, 1.807) is 18.2 Å². The van der Waals surface area contributed by atoms with E-state index in [0.29, 0.717) is 30.4 Å². The smallest absolute Gasteiger partial charge is 0.341 e. The molecular weight excluding hydrogens is 410 g/mol. The number of nitrogens with one attached hydrogen (secondary N) is 2. The standard InChI is InChI=1S/C20H21N3O8/c1-12(19(25)22-13-2-5-17-18(10-13)30-9-8-29-17)31-20(26)15-11-14(23(27)28)3-4-16(15)21-6-7-24/h2-5,10-12,21,24H,6-9H2,1H3,(H,22,25). The van der Waals surface area contributed by atoms with Crippen LogP contribution in [-0.2, 0) is 9.53 Å². The molecule has 1 unspecified atom stereocenters. The molecule has 11 nitrogen and oxygen atoms in total. The number of non-ortho nitro benzene ring substituents is 1. The Hall–Kier alpha value is -3.86. The van der Waals surface area contributed by atoms with Gasteiger partial charge >= 0.3 is 5.97 Å². The fourth-order valence-electron chi connectivity index (χ4n) is 2.80.